The zero-order chi connectivity index (χ0) is 13.1. The van der Waals surface area contributed by atoms with Crippen molar-refractivity contribution in [3.05, 3.63) is 53.3 Å². The van der Waals surface area contributed by atoms with E-state index in [-0.39, 0.29) is 5.82 Å². The zero-order valence-electron chi connectivity index (χ0n) is 9.77. The van der Waals surface area contributed by atoms with Gasteiger partial charge >= 0.3 is 0 Å². The molecule has 0 radical (unpaired) electrons. The number of nitriles is 1. The lowest BCUT2D eigenvalue weighted by atomic mass is 10.2. The molecule has 0 saturated carbocycles. The molecule has 0 aliphatic heterocycles. The SMILES string of the molecule is Cc1cc(F)ccc1Oc1cc(C#N)ccc1N. The standard InChI is InChI=1S/C14H11FN2O/c1-9-6-11(15)3-5-13(9)18-14-7-10(8-16)2-4-12(14)17/h2-7H,17H2,1H3. The van der Waals surface area contributed by atoms with E-state index >= 15 is 0 Å². The lowest BCUT2D eigenvalue weighted by Gasteiger charge is -2.10. The van der Waals surface area contributed by atoms with Crippen LogP contribution < -0.4 is 10.5 Å². The van der Waals surface area contributed by atoms with Crippen molar-refractivity contribution in [2.24, 2.45) is 0 Å². The third kappa shape index (κ3) is 2.41. The van der Waals surface area contributed by atoms with Crippen molar-refractivity contribution in [1.82, 2.24) is 0 Å². The molecule has 0 fully saturated rings. The van der Waals surface area contributed by atoms with Crippen molar-refractivity contribution in [2.45, 2.75) is 6.92 Å². The molecule has 0 aliphatic rings. The van der Waals surface area contributed by atoms with Crippen molar-refractivity contribution < 1.29 is 9.13 Å². The first-order chi connectivity index (χ1) is 8.60. The number of nitrogens with zero attached hydrogens (tertiary/aromatic N) is 1. The summed E-state index contributed by atoms with van der Waals surface area (Å²) in [5.74, 6) is 0.584. The lowest BCUT2D eigenvalue weighted by molar-refractivity contribution is 0.478. The Labute approximate surface area is 104 Å². The predicted octanol–water partition coefficient (Wildman–Crippen LogP) is 3.38. The van der Waals surface area contributed by atoms with Gasteiger partial charge in [0.15, 0.2) is 5.75 Å². The maximum absolute atomic E-state index is 13.0. The van der Waals surface area contributed by atoms with Crippen molar-refractivity contribution in [1.29, 1.82) is 5.26 Å². The molecule has 2 aromatic rings. The van der Waals surface area contributed by atoms with E-state index in [1.807, 2.05) is 6.07 Å². The van der Waals surface area contributed by atoms with Gasteiger partial charge in [0.25, 0.3) is 0 Å². The second-order valence-electron chi connectivity index (χ2n) is 3.88. The number of ether oxygens (including phenoxy) is 1. The van der Waals surface area contributed by atoms with Crippen LogP contribution in [0.4, 0.5) is 10.1 Å². The average molecular weight is 242 g/mol. The van der Waals surface area contributed by atoms with E-state index in [1.165, 1.54) is 18.2 Å². The van der Waals surface area contributed by atoms with Gasteiger partial charge in [-0.3, -0.25) is 0 Å². The summed E-state index contributed by atoms with van der Waals surface area (Å²) >= 11 is 0. The number of anilines is 1. The molecule has 0 unspecified atom stereocenters. The predicted molar refractivity (Wildman–Crippen MR) is 66.8 cm³/mol. The van der Waals surface area contributed by atoms with Crippen LogP contribution in [0.5, 0.6) is 11.5 Å². The van der Waals surface area contributed by atoms with Gasteiger partial charge in [-0.25, -0.2) is 4.39 Å². The molecular weight excluding hydrogens is 231 g/mol. The van der Waals surface area contributed by atoms with Crippen LogP contribution in [0.2, 0.25) is 0 Å². The van der Waals surface area contributed by atoms with Crippen LogP contribution in [0.15, 0.2) is 36.4 Å². The fourth-order valence-electron chi connectivity index (χ4n) is 1.54. The molecule has 2 rings (SSSR count). The van der Waals surface area contributed by atoms with E-state index in [1.54, 1.807) is 25.1 Å². The van der Waals surface area contributed by atoms with Crippen molar-refractivity contribution in [3.63, 3.8) is 0 Å². The number of benzene rings is 2. The molecule has 4 heteroatoms. The van der Waals surface area contributed by atoms with Crippen molar-refractivity contribution in [2.75, 3.05) is 5.73 Å². The fraction of sp³-hybridized carbons (Fsp3) is 0.0714. The minimum absolute atomic E-state index is 0.321. The molecule has 0 bridgehead atoms. The largest absolute Gasteiger partial charge is 0.455 e. The third-order valence-corrected chi connectivity index (χ3v) is 2.50. The Balaban J connectivity index is 2.37. The number of nitrogens with two attached hydrogens (primary N) is 1. The summed E-state index contributed by atoms with van der Waals surface area (Å²) in [4.78, 5) is 0. The lowest BCUT2D eigenvalue weighted by Crippen LogP contribution is -1.94. The molecule has 90 valence electrons. The highest BCUT2D eigenvalue weighted by Gasteiger charge is 2.06. The number of hydrogen-bond acceptors (Lipinski definition) is 3. The first kappa shape index (κ1) is 11.9. The highest BCUT2D eigenvalue weighted by Crippen LogP contribution is 2.30. The quantitative estimate of drug-likeness (QED) is 0.821. The topological polar surface area (TPSA) is 59.0 Å². The van der Waals surface area contributed by atoms with E-state index in [4.69, 9.17) is 15.7 Å². The first-order valence-corrected chi connectivity index (χ1v) is 5.34. The van der Waals surface area contributed by atoms with Gasteiger partial charge in [-0.15, -0.1) is 0 Å². The van der Waals surface area contributed by atoms with E-state index in [9.17, 15) is 4.39 Å². The second-order valence-corrected chi connectivity index (χ2v) is 3.88. The summed E-state index contributed by atoms with van der Waals surface area (Å²) < 4.78 is 18.6. The van der Waals surface area contributed by atoms with Crippen LogP contribution in [0, 0.1) is 24.1 Å². The van der Waals surface area contributed by atoms with Gasteiger partial charge in [-0.1, -0.05) is 0 Å². The summed E-state index contributed by atoms with van der Waals surface area (Å²) in [6.07, 6.45) is 0. The normalized spacial score (nSPS) is 9.83. The Kier molecular flexibility index (Phi) is 3.16. The number of halogens is 1. The number of hydrogen-bond donors (Lipinski definition) is 1. The fourth-order valence-corrected chi connectivity index (χ4v) is 1.54. The minimum atomic E-state index is -0.321. The Bertz CT molecular complexity index is 632. The van der Waals surface area contributed by atoms with E-state index in [0.29, 0.717) is 28.3 Å². The molecule has 2 aromatic carbocycles. The van der Waals surface area contributed by atoms with Gasteiger partial charge < -0.3 is 10.5 Å². The van der Waals surface area contributed by atoms with E-state index in [0.717, 1.165) is 0 Å². The molecule has 0 atom stereocenters. The van der Waals surface area contributed by atoms with E-state index < -0.39 is 0 Å². The smallest absolute Gasteiger partial charge is 0.151 e. The molecule has 0 amide bonds. The zero-order valence-corrected chi connectivity index (χ0v) is 9.77. The maximum Gasteiger partial charge on any atom is 0.151 e. The van der Waals surface area contributed by atoms with Gasteiger partial charge in [0.1, 0.15) is 11.6 Å². The highest BCUT2D eigenvalue weighted by atomic mass is 19.1. The van der Waals surface area contributed by atoms with Crippen molar-refractivity contribution >= 4 is 5.69 Å². The van der Waals surface area contributed by atoms with Gasteiger partial charge in [0.05, 0.1) is 17.3 Å². The molecule has 0 spiro atoms. The summed E-state index contributed by atoms with van der Waals surface area (Å²) in [6.45, 7) is 1.74. The molecule has 2 N–H and O–H groups in total. The van der Waals surface area contributed by atoms with Gasteiger partial charge in [-0.2, -0.15) is 5.26 Å². The van der Waals surface area contributed by atoms with Gasteiger partial charge in [0.2, 0.25) is 0 Å². The minimum Gasteiger partial charge on any atom is -0.455 e. The number of nitrogen functional groups attached to an aromatic ring is 1. The molecule has 3 nitrogen and oxygen atoms in total. The summed E-state index contributed by atoms with van der Waals surface area (Å²) in [7, 11) is 0. The number of aryl methyl sites for hydroxylation is 1. The highest BCUT2D eigenvalue weighted by molar-refractivity contribution is 5.57. The maximum atomic E-state index is 13.0. The van der Waals surface area contributed by atoms with Gasteiger partial charge in [-0.05, 0) is 42.8 Å². The van der Waals surface area contributed by atoms with Crippen LogP contribution in [-0.2, 0) is 0 Å². The molecule has 0 heterocycles. The summed E-state index contributed by atoms with van der Waals surface area (Å²) in [5.41, 5.74) is 7.31. The first-order valence-electron chi connectivity index (χ1n) is 5.34. The van der Waals surface area contributed by atoms with Crippen LogP contribution in [0.1, 0.15) is 11.1 Å². The molecule has 0 aromatic heterocycles. The summed E-state index contributed by atoms with van der Waals surface area (Å²) in [6, 6.07) is 11.0. The van der Waals surface area contributed by atoms with Gasteiger partial charge in [0, 0.05) is 6.07 Å². The second kappa shape index (κ2) is 4.76. The Morgan fingerprint density at radius 1 is 1.17 bits per heavy atom. The molecule has 0 aliphatic carbocycles. The Morgan fingerprint density at radius 3 is 2.61 bits per heavy atom. The van der Waals surface area contributed by atoms with Crippen LogP contribution in [-0.4, -0.2) is 0 Å². The Hall–Kier alpha value is -2.54. The van der Waals surface area contributed by atoms with Crippen LogP contribution in [0.3, 0.4) is 0 Å². The van der Waals surface area contributed by atoms with Crippen molar-refractivity contribution in [3.8, 4) is 17.6 Å². The van der Waals surface area contributed by atoms with Crippen LogP contribution >= 0.6 is 0 Å². The number of rotatable bonds is 2. The molecule has 18 heavy (non-hydrogen) atoms. The van der Waals surface area contributed by atoms with E-state index in [2.05, 4.69) is 0 Å². The summed E-state index contributed by atoms with van der Waals surface area (Å²) in [5, 5.41) is 8.81. The monoisotopic (exact) mass is 242 g/mol. The Morgan fingerprint density at radius 2 is 1.94 bits per heavy atom. The van der Waals surface area contributed by atoms with Crippen LogP contribution in [0.25, 0.3) is 0 Å². The molecule has 0 saturated heterocycles. The molecular formula is C14H11FN2O. The third-order valence-electron chi connectivity index (χ3n) is 2.50. The average Bonchev–Trinajstić information content (AvgIpc) is 2.35.